The molecule has 0 unspecified atom stereocenters. The van der Waals surface area contributed by atoms with Gasteiger partial charge in [-0.2, -0.15) is 0 Å². The number of rotatable bonds is 9. The summed E-state index contributed by atoms with van der Waals surface area (Å²) in [5.74, 6) is 0.413. The van der Waals surface area contributed by atoms with Crippen LogP contribution in [0.25, 0.3) is 27.9 Å². The molecule has 9 nitrogen and oxygen atoms in total. The minimum Gasteiger partial charge on any atom is -0.490 e. The van der Waals surface area contributed by atoms with Crippen molar-refractivity contribution in [2.24, 2.45) is 12.0 Å². The highest BCUT2D eigenvalue weighted by Gasteiger charge is 2.27. The van der Waals surface area contributed by atoms with Gasteiger partial charge in [0, 0.05) is 60.8 Å². The van der Waals surface area contributed by atoms with E-state index in [2.05, 4.69) is 10.3 Å². The summed E-state index contributed by atoms with van der Waals surface area (Å²) in [4.78, 5) is 22.1. The second-order valence-electron chi connectivity index (χ2n) is 11.2. The largest absolute Gasteiger partial charge is 0.490 e. The topological polar surface area (TPSA) is 111 Å². The van der Waals surface area contributed by atoms with Gasteiger partial charge in [-0.1, -0.05) is 6.92 Å². The maximum Gasteiger partial charge on any atom is 0.310 e. The first-order chi connectivity index (χ1) is 22.2. The third-order valence-corrected chi connectivity index (χ3v) is 8.52. The van der Waals surface area contributed by atoms with Gasteiger partial charge in [-0.05, 0) is 91.8 Å². The number of allylic oxidation sites excluding steroid dienone is 1. The Morgan fingerprint density at radius 2 is 2.04 bits per heavy atom. The van der Waals surface area contributed by atoms with Crippen LogP contribution < -0.4 is 10.1 Å². The van der Waals surface area contributed by atoms with E-state index >= 15 is 4.39 Å². The number of ether oxygens (including phenoxy) is 3. The molecule has 1 aliphatic heterocycles. The predicted octanol–water partition coefficient (Wildman–Crippen LogP) is 6.92. The summed E-state index contributed by atoms with van der Waals surface area (Å²) < 4.78 is 34.8. The highest BCUT2D eigenvalue weighted by atomic mass is 19.1. The Morgan fingerprint density at radius 3 is 2.72 bits per heavy atom. The predicted molar refractivity (Wildman–Crippen MR) is 181 cm³/mol. The highest BCUT2D eigenvalue weighted by molar-refractivity contribution is 6.05. The first-order valence-electron chi connectivity index (χ1n) is 15.4. The smallest absolute Gasteiger partial charge is 0.310 e. The maximum atomic E-state index is 15.6. The van der Waals surface area contributed by atoms with Crippen LogP contribution in [0.1, 0.15) is 59.0 Å². The molecule has 3 heterocycles. The van der Waals surface area contributed by atoms with Crippen molar-refractivity contribution in [3.05, 3.63) is 81.4 Å². The lowest BCUT2D eigenvalue weighted by Crippen LogP contribution is -2.13. The number of anilines is 1. The Labute approximate surface area is 268 Å². The molecule has 1 aliphatic rings. The van der Waals surface area contributed by atoms with E-state index < -0.39 is 11.8 Å². The molecule has 0 saturated heterocycles. The molecule has 2 aromatic heterocycles. The number of fused-ring (bicyclic) bond motifs is 2. The number of nitrogens with one attached hydrogen (secondary N) is 2. The molecule has 2 N–H and O–H groups in total. The zero-order valence-electron chi connectivity index (χ0n) is 27.4. The summed E-state index contributed by atoms with van der Waals surface area (Å²) >= 11 is 0. The number of carbonyl (C=O) groups excluding carboxylic acids is 1. The molecular formula is C36H40FN5O4. The van der Waals surface area contributed by atoms with Gasteiger partial charge in [0.1, 0.15) is 17.1 Å². The lowest BCUT2D eigenvalue weighted by molar-refractivity contribution is -0.139. The molecule has 0 spiro atoms. The number of halogens is 1. The fourth-order valence-electron chi connectivity index (χ4n) is 6.13. The Balaban J connectivity index is 1.71. The minimum absolute atomic E-state index is 0.0218. The second kappa shape index (κ2) is 13.6. The molecule has 46 heavy (non-hydrogen) atoms. The van der Waals surface area contributed by atoms with E-state index in [1.165, 1.54) is 19.4 Å². The number of aliphatic imine (C=N–C) groups is 1. The lowest BCUT2D eigenvalue weighted by atomic mass is 9.87. The van der Waals surface area contributed by atoms with E-state index in [9.17, 15) is 4.79 Å². The van der Waals surface area contributed by atoms with Gasteiger partial charge in [-0.25, -0.2) is 9.37 Å². The molecule has 5 rings (SSSR count). The van der Waals surface area contributed by atoms with Gasteiger partial charge in [-0.15, -0.1) is 0 Å². The standard InChI is InChI=1S/C36H40FN5O4/c1-8-10-31(22-12-13-29(39-4)23(15-22)19-38)46-36(40-5)30-17-27-33(25-16-28(37)34-24(20(25)2)11-9-14-45-34)26(18-32(43)44-7)21(3)41-35(27)42(30)6/h10,12-13,15-17,19,38-39H,8-9,11,14,18H2,1-7H3/b31-10+,38-19?,40-36?. The molecule has 4 aromatic rings. The zero-order chi connectivity index (χ0) is 33.1. The van der Waals surface area contributed by atoms with Gasteiger partial charge in [0.05, 0.1) is 20.1 Å². The van der Waals surface area contributed by atoms with Crippen molar-refractivity contribution in [2.45, 2.75) is 46.5 Å². The van der Waals surface area contributed by atoms with Crippen molar-refractivity contribution >= 4 is 40.6 Å². The molecule has 2 aromatic carbocycles. The Kier molecular flexibility index (Phi) is 9.55. The van der Waals surface area contributed by atoms with E-state index in [-0.39, 0.29) is 6.42 Å². The number of benzene rings is 2. The van der Waals surface area contributed by atoms with Gasteiger partial charge in [0.15, 0.2) is 11.6 Å². The SMILES string of the molecule is CC/C=C(/OC(=NC)c1cc2c(-c3cc(F)c4c(c3C)CCCO4)c(CC(=O)OC)c(C)nc2n1C)c1ccc(NC)c(C=N)c1. The normalized spacial score (nSPS) is 13.3. The molecule has 0 bridgehead atoms. The van der Waals surface area contributed by atoms with Crippen molar-refractivity contribution in [3.63, 3.8) is 0 Å². The Bertz CT molecular complexity index is 1910. The van der Waals surface area contributed by atoms with Gasteiger partial charge in [0.2, 0.25) is 5.90 Å². The van der Waals surface area contributed by atoms with Crippen molar-refractivity contribution in [2.75, 3.05) is 33.1 Å². The third kappa shape index (κ3) is 5.87. The summed E-state index contributed by atoms with van der Waals surface area (Å²) in [5, 5.41) is 11.7. The van der Waals surface area contributed by atoms with Crippen LogP contribution >= 0.6 is 0 Å². The summed E-state index contributed by atoms with van der Waals surface area (Å²) in [5.41, 5.74) is 8.11. The van der Waals surface area contributed by atoms with E-state index in [1.807, 2.05) is 69.8 Å². The fourth-order valence-corrected chi connectivity index (χ4v) is 6.13. The summed E-state index contributed by atoms with van der Waals surface area (Å²) in [7, 11) is 6.71. The highest BCUT2D eigenvalue weighted by Crippen LogP contribution is 2.42. The van der Waals surface area contributed by atoms with Crippen molar-refractivity contribution in [1.29, 1.82) is 5.41 Å². The summed E-state index contributed by atoms with van der Waals surface area (Å²) in [6, 6.07) is 9.19. The summed E-state index contributed by atoms with van der Waals surface area (Å²) in [6.07, 6.45) is 5.46. The van der Waals surface area contributed by atoms with E-state index in [0.717, 1.165) is 45.3 Å². The number of aromatic nitrogens is 2. The lowest BCUT2D eigenvalue weighted by Gasteiger charge is -2.23. The van der Waals surface area contributed by atoms with Crippen LogP contribution in [-0.4, -0.2) is 55.4 Å². The van der Waals surface area contributed by atoms with Crippen LogP contribution in [0.15, 0.2) is 41.4 Å². The van der Waals surface area contributed by atoms with Crippen LogP contribution in [0.2, 0.25) is 0 Å². The number of hydrogen-bond donors (Lipinski definition) is 2. The van der Waals surface area contributed by atoms with Gasteiger partial charge < -0.3 is 29.5 Å². The first kappa shape index (κ1) is 32.4. The number of carbonyl (C=O) groups is 1. The molecule has 0 radical (unpaired) electrons. The van der Waals surface area contributed by atoms with E-state index in [0.29, 0.717) is 65.0 Å². The molecule has 10 heteroatoms. The first-order valence-corrected chi connectivity index (χ1v) is 15.4. The van der Waals surface area contributed by atoms with E-state index in [1.54, 1.807) is 7.05 Å². The number of pyridine rings is 1. The number of esters is 1. The van der Waals surface area contributed by atoms with Crippen LogP contribution in [-0.2, 0) is 34.2 Å². The van der Waals surface area contributed by atoms with Crippen LogP contribution in [0, 0.1) is 25.1 Å². The minimum atomic E-state index is -0.430. The van der Waals surface area contributed by atoms with Gasteiger partial charge >= 0.3 is 5.97 Å². The monoisotopic (exact) mass is 625 g/mol. The Hall–Kier alpha value is -4.99. The van der Waals surface area contributed by atoms with Crippen molar-refractivity contribution in [1.82, 2.24) is 9.55 Å². The van der Waals surface area contributed by atoms with Crippen molar-refractivity contribution in [3.8, 4) is 16.9 Å². The van der Waals surface area contributed by atoms with Crippen LogP contribution in [0.3, 0.4) is 0 Å². The molecule has 0 fully saturated rings. The average molecular weight is 626 g/mol. The maximum absolute atomic E-state index is 15.6. The molecule has 0 amide bonds. The molecule has 0 aliphatic carbocycles. The molecular weight excluding hydrogens is 585 g/mol. The summed E-state index contributed by atoms with van der Waals surface area (Å²) in [6.45, 7) is 6.33. The molecule has 0 atom stereocenters. The number of hydrogen-bond acceptors (Lipinski definition) is 8. The van der Waals surface area contributed by atoms with Gasteiger partial charge in [-0.3, -0.25) is 9.79 Å². The third-order valence-electron chi connectivity index (χ3n) is 8.52. The average Bonchev–Trinajstić information content (AvgIpc) is 3.39. The zero-order valence-corrected chi connectivity index (χ0v) is 27.4. The molecule has 240 valence electrons. The number of methoxy groups -OCH3 is 1. The van der Waals surface area contributed by atoms with Crippen molar-refractivity contribution < 1.29 is 23.4 Å². The Morgan fingerprint density at radius 1 is 1.26 bits per heavy atom. The number of aryl methyl sites for hydroxylation is 2. The van der Waals surface area contributed by atoms with Gasteiger partial charge in [0.25, 0.3) is 0 Å². The second-order valence-corrected chi connectivity index (χ2v) is 11.2. The van der Waals surface area contributed by atoms with Crippen LogP contribution in [0.5, 0.6) is 5.75 Å². The molecule has 0 saturated carbocycles. The van der Waals surface area contributed by atoms with E-state index in [4.69, 9.17) is 24.6 Å². The quantitative estimate of drug-likeness (QED) is 0.0904. The number of nitrogens with zero attached hydrogens (tertiary/aromatic N) is 3. The fraction of sp³-hybridized carbons (Fsp3) is 0.333. The van der Waals surface area contributed by atoms with Crippen LogP contribution in [0.4, 0.5) is 10.1 Å².